The molecule has 3 heterocycles. The van der Waals surface area contributed by atoms with Crippen LogP contribution in [0.15, 0.2) is 4.79 Å². The lowest BCUT2D eigenvalue weighted by atomic mass is 10.1. The van der Waals surface area contributed by atoms with Gasteiger partial charge < -0.3 is 28.9 Å². The smallest absolute Gasteiger partial charge is 0.280 e. The number of aromatic nitrogens is 4. The molecule has 0 unspecified atom stereocenters. The molecule has 0 spiro atoms. The number of nitrogens with two attached hydrogens (primary N) is 1. The molecule has 14 heteroatoms. The summed E-state index contributed by atoms with van der Waals surface area (Å²) in [5.74, 6) is 5.99. The highest BCUT2D eigenvalue weighted by Crippen LogP contribution is 2.47. The molecule has 0 aromatic carbocycles. The molecular formula is C33H61N5O6Si3. The highest BCUT2D eigenvalue weighted by molar-refractivity contribution is 6.75. The molecule has 0 aliphatic carbocycles. The third kappa shape index (κ3) is 8.67. The number of anilines is 1. The summed E-state index contributed by atoms with van der Waals surface area (Å²) < 4.78 is 30.1. The Labute approximate surface area is 285 Å². The quantitative estimate of drug-likeness (QED) is 0.206. The van der Waals surface area contributed by atoms with Crippen molar-refractivity contribution < 1.29 is 23.1 Å². The zero-order valence-corrected chi connectivity index (χ0v) is 34.9. The van der Waals surface area contributed by atoms with Gasteiger partial charge in [-0.25, -0.2) is 4.98 Å². The summed E-state index contributed by atoms with van der Waals surface area (Å²) in [7, 11) is -7.04. The van der Waals surface area contributed by atoms with Crippen LogP contribution in [0.3, 0.4) is 0 Å². The molecule has 0 bridgehead atoms. The second kappa shape index (κ2) is 12.8. The summed E-state index contributed by atoms with van der Waals surface area (Å²) in [5.41, 5.74) is 4.55. The molecule has 1 saturated heterocycles. The van der Waals surface area contributed by atoms with Gasteiger partial charge in [-0.2, -0.15) is 4.98 Å². The minimum absolute atomic E-state index is 0.0132. The van der Waals surface area contributed by atoms with Crippen LogP contribution in [-0.2, 0) is 18.0 Å². The van der Waals surface area contributed by atoms with Gasteiger partial charge >= 0.3 is 0 Å². The normalized spacial score (nSPS) is 22.1. The van der Waals surface area contributed by atoms with Gasteiger partial charge in [0, 0.05) is 0 Å². The fourth-order valence-electron chi connectivity index (χ4n) is 4.40. The molecule has 11 nitrogen and oxygen atoms in total. The molecule has 1 aliphatic rings. The summed E-state index contributed by atoms with van der Waals surface area (Å²) in [5, 5.41) is 10.3. The van der Waals surface area contributed by atoms with E-state index in [0.29, 0.717) is 6.61 Å². The third-order valence-electron chi connectivity index (χ3n) is 10.5. The number of imidazole rings is 1. The van der Waals surface area contributed by atoms with Gasteiger partial charge in [0.25, 0.3) is 5.56 Å². The van der Waals surface area contributed by atoms with Gasteiger partial charge in [-0.05, 0) is 74.2 Å². The number of fused-ring (bicyclic) bond motifs is 1. The van der Waals surface area contributed by atoms with E-state index in [1.54, 1.807) is 18.4 Å². The van der Waals surface area contributed by atoms with Crippen LogP contribution in [0.2, 0.25) is 54.4 Å². The summed E-state index contributed by atoms with van der Waals surface area (Å²) >= 11 is 0. The third-order valence-corrected chi connectivity index (χ3v) is 23.9. The highest BCUT2D eigenvalue weighted by Gasteiger charge is 2.55. The Morgan fingerprint density at radius 3 is 1.81 bits per heavy atom. The van der Waals surface area contributed by atoms with Crippen LogP contribution in [0.25, 0.3) is 11.2 Å². The minimum Gasteiger partial charge on any atom is -0.414 e. The molecule has 3 rings (SSSR count). The van der Waals surface area contributed by atoms with Gasteiger partial charge in [0.15, 0.2) is 48.2 Å². The van der Waals surface area contributed by atoms with Crippen LogP contribution < -0.4 is 11.3 Å². The summed E-state index contributed by atoms with van der Waals surface area (Å²) in [6.45, 7) is 36.6. The second-order valence-electron chi connectivity index (χ2n) is 18.1. The van der Waals surface area contributed by atoms with Crippen molar-refractivity contribution in [1.82, 2.24) is 19.5 Å². The van der Waals surface area contributed by atoms with Crippen molar-refractivity contribution in [1.29, 1.82) is 0 Å². The number of nitrogen functional groups attached to an aromatic ring is 1. The Balaban J connectivity index is 2.36. The van der Waals surface area contributed by atoms with Gasteiger partial charge in [0.05, 0.1) is 6.61 Å². The lowest BCUT2D eigenvalue weighted by molar-refractivity contribution is -0.0474. The topological polar surface area (TPSA) is 147 Å². The fourth-order valence-corrected chi connectivity index (χ4v) is 8.02. The predicted octanol–water partition coefficient (Wildman–Crippen LogP) is 6.52. The molecule has 0 amide bonds. The summed E-state index contributed by atoms with van der Waals surface area (Å²) in [6, 6.07) is 0. The maximum absolute atomic E-state index is 13.1. The van der Waals surface area contributed by atoms with Crippen molar-refractivity contribution in [3.63, 3.8) is 0 Å². The Morgan fingerprint density at radius 2 is 1.34 bits per heavy atom. The number of nitrogens with zero attached hydrogens (tertiary/aromatic N) is 3. The number of aliphatic hydroxyl groups is 1. The average molecular weight is 708 g/mol. The number of aromatic amines is 1. The molecule has 47 heavy (non-hydrogen) atoms. The van der Waals surface area contributed by atoms with Crippen LogP contribution >= 0.6 is 0 Å². The summed E-state index contributed by atoms with van der Waals surface area (Å²) in [6.07, 6.45) is -2.48. The van der Waals surface area contributed by atoms with Crippen LogP contribution in [0.1, 0.15) is 88.2 Å². The Bertz CT molecular complexity index is 1560. The molecule has 4 N–H and O–H groups in total. The first-order valence-electron chi connectivity index (χ1n) is 16.6. The average Bonchev–Trinajstić information content (AvgIpc) is 3.36. The first-order valence-corrected chi connectivity index (χ1v) is 25.3. The van der Waals surface area contributed by atoms with E-state index in [2.05, 4.69) is 128 Å². The van der Waals surface area contributed by atoms with Gasteiger partial charge in [-0.3, -0.25) is 14.3 Å². The minimum atomic E-state index is -2.46. The van der Waals surface area contributed by atoms with Crippen molar-refractivity contribution in [2.24, 2.45) is 0 Å². The van der Waals surface area contributed by atoms with Crippen molar-refractivity contribution in [3.05, 3.63) is 16.2 Å². The number of rotatable bonds is 8. The second-order valence-corrected chi connectivity index (χ2v) is 32.4. The predicted molar refractivity (Wildman–Crippen MR) is 197 cm³/mol. The van der Waals surface area contributed by atoms with Gasteiger partial charge in [-0.15, -0.1) is 0 Å². The van der Waals surface area contributed by atoms with E-state index in [1.807, 2.05) is 0 Å². The van der Waals surface area contributed by atoms with E-state index in [9.17, 15) is 9.90 Å². The monoisotopic (exact) mass is 707 g/mol. The SMILES string of the molecule is CC(C)(O)C#Cc1nc2c(=O)[nH]c(N)nc2n1[C@@H]1O[C@H](CO[Si](C)(C)C(C)(C)C)[C@@H](O[Si](C)(C)C(C)(C)C)[C@H]1O[Si](C)(C)C(C)(C)C. The maximum Gasteiger partial charge on any atom is 0.280 e. The molecular weight excluding hydrogens is 647 g/mol. The van der Waals surface area contributed by atoms with Crippen molar-refractivity contribution in [2.75, 3.05) is 12.3 Å². The zero-order valence-electron chi connectivity index (χ0n) is 31.9. The zero-order chi connectivity index (χ0) is 36.3. The number of hydrogen-bond acceptors (Lipinski definition) is 9. The molecule has 0 radical (unpaired) electrons. The van der Waals surface area contributed by atoms with Gasteiger partial charge in [0.2, 0.25) is 5.95 Å². The van der Waals surface area contributed by atoms with E-state index in [1.165, 1.54) is 0 Å². The lowest BCUT2D eigenvalue weighted by Crippen LogP contribution is -2.54. The van der Waals surface area contributed by atoms with E-state index < -0.39 is 60.7 Å². The molecule has 2 aromatic heterocycles. The van der Waals surface area contributed by atoms with E-state index in [-0.39, 0.29) is 38.1 Å². The van der Waals surface area contributed by atoms with Crippen LogP contribution in [0, 0.1) is 11.8 Å². The molecule has 1 aliphatic heterocycles. The Morgan fingerprint density at radius 1 is 0.851 bits per heavy atom. The van der Waals surface area contributed by atoms with Crippen LogP contribution in [-0.4, -0.2) is 80.1 Å². The highest BCUT2D eigenvalue weighted by atomic mass is 28.4. The van der Waals surface area contributed by atoms with Crippen molar-refractivity contribution in [2.45, 2.75) is 161 Å². The number of H-pyrrole nitrogens is 1. The maximum atomic E-state index is 13.1. The standard InChI is InChI=1S/C33H61N5O6Si3/c1-30(2,3)45(12,13)41-20-21-24(43-46(14,15)31(4,5)6)25(44-47(16,17)32(7,8)9)28(42-21)38-22(18-19-33(10,11)40)35-23-26(38)36-29(34)37-27(23)39/h21,24-25,28,40H,20H2,1-17H3,(H3,34,36,37,39)/t21-,24-,25-,28-/m1/s1. The molecule has 1 fully saturated rings. The van der Waals surface area contributed by atoms with Crippen molar-refractivity contribution in [3.8, 4) is 11.8 Å². The fraction of sp³-hybridized carbons (Fsp3) is 0.788. The van der Waals surface area contributed by atoms with Crippen LogP contribution in [0.4, 0.5) is 5.95 Å². The Hall–Kier alpha value is -1.84. The number of nitrogens with one attached hydrogen (secondary N) is 1. The van der Waals surface area contributed by atoms with Crippen LogP contribution in [0.5, 0.6) is 0 Å². The van der Waals surface area contributed by atoms with Gasteiger partial charge in [-0.1, -0.05) is 68.2 Å². The molecule has 0 saturated carbocycles. The van der Waals surface area contributed by atoms with Gasteiger partial charge in [0.1, 0.15) is 23.9 Å². The summed E-state index contributed by atoms with van der Waals surface area (Å²) in [4.78, 5) is 24.8. The lowest BCUT2D eigenvalue weighted by Gasteiger charge is -2.44. The first-order chi connectivity index (χ1) is 20.9. The Kier molecular flexibility index (Phi) is 10.8. The van der Waals surface area contributed by atoms with E-state index in [4.69, 9.17) is 23.7 Å². The number of hydrogen-bond donors (Lipinski definition) is 3. The first kappa shape index (κ1) is 39.6. The van der Waals surface area contributed by atoms with E-state index >= 15 is 0 Å². The molecule has 266 valence electrons. The number of ether oxygens (including phenoxy) is 1. The molecule has 2 aromatic rings. The van der Waals surface area contributed by atoms with Crippen molar-refractivity contribution >= 4 is 42.1 Å². The largest absolute Gasteiger partial charge is 0.414 e. The molecule has 4 atom stereocenters. The van der Waals surface area contributed by atoms with E-state index in [0.717, 1.165) is 0 Å².